The first-order valence-corrected chi connectivity index (χ1v) is 19.7. The van der Waals surface area contributed by atoms with Crippen molar-refractivity contribution < 1.29 is 43.2 Å². The number of aliphatic hydroxyl groups excluding tert-OH is 2. The number of benzene rings is 3. The summed E-state index contributed by atoms with van der Waals surface area (Å²) in [5.74, 6) is 0.932. The van der Waals surface area contributed by atoms with Crippen molar-refractivity contribution in [3.05, 3.63) is 107 Å². The molecule has 300 valence electrons. The van der Waals surface area contributed by atoms with Gasteiger partial charge in [0, 0.05) is 32.0 Å². The van der Waals surface area contributed by atoms with Crippen LogP contribution < -0.4 is 14.8 Å². The molecule has 3 N–H and O–H groups in total. The highest BCUT2D eigenvalue weighted by Crippen LogP contribution is 2.49. The van der Waals surface area contributed by atoms with Gasteiger partial charge in [-0.05, 0) is 74.7 Å². The third-order valence-electron chi connectivity index (χ3n) is 9.80. The van der Waals surface area contributed by atoms with Gasteiger partial charge in [-0.25, -0.2) is 9.46 Å². The predicted octanol–water partition coefficient (Wildman–Crippen LogP) is 5.80. The Hall–Kier alpha value is -4.58. The summed E-state index contributed by atoms with van der Waals surface area (Å²) in [6.45, 7) is 9.25. The SMILES string of the molecule is COc1ccc(C(c2ccccc2)(c2ccc(OC)cc2)C(O)[C@H]2O[C@@H](N3CC=C(NC(C)=O)N(OP(OCCC#N)N(C(C)C)C(C)C)C3=O)C[C@@H]2O)cc1. The van der Waals surface area contributed by atoms with Crippen LogP contribution in [0.2, 0.25) is 0 Å². The van der Waals surface area contributed by atoms with E-state index in [0.717, 1.165) is 10.6 Å². The molecule has 0 aliphatic carbocycles. The molecule has 0 spiro atoms. The summed E-state index contributed by atoms with van der Waals surface area (Å²) in [5.41, 5.74) is 0.876. The summed E-state index contributed by atoms with van der Waals surface area (Å²) in [5, 5.41) is 37.5. The summed E-state index contributed by atoms with van der Waals surface area (Å²) in [6.07, 6.45) is -3.10. The molecule has 2 aliphatic heterocycles. The molecule has 3 aromatic carbocycles. The van der Waals surface area contributed by atoms with Crippen molar-refractivity contribution in [2.45, 2.75) is 89.5 Å². The molecule has 0 aromatic heterocycles. The van der Waals surface area contributed by atoms with E-state index >= 15 is 0 Å². The Bertz CT molecular complexity index is 1780. The minimum Gasteiger partial charge on any atom is -0.497 e. The fourth-order valence-corrected chi connectivity index (χ4v) is 8.90. The second-order valence-electron chi connectivity index (χ2n) is 14.1. The molecule has 14 nitrogen and oxygen atoms in total. The number of nitrogens with zero attached hydrogens (tertiary/aromatic N) is 4. The zero-order valence-electron chi connectivity index (χ0n) is 32.9. The fourth-order valence-electron chi connectivity index (χ4n) is 7.33. The van der Waals surface area contributed by atoms with Crippen molar-refractivity contribution in [1.29, 1.82) is 5.26 Å². The van der Waals surface area contributed by atoms with Crippen molar-refractivity contribution in [3.8, 4) is 17.6 Å². The van der Waals surface area contributed by atoms with Crippen LogP contribution >= 0.6 is 8.53 Å². The van der Waals surface area contributed by atoms with Crippen LogP contribution in [-0.2, 0) is 24.1 Å². The number of methoxy groups -OCH3 is 2. The van der Waals surface area contributed by atoms with Crippen LogP contribution in [0.4, 0.5) is 4.79 Å². The molecular formula is C41H52N5O9P. The lowest BCUT2D eigenvalue weighted by molar-refractivity contribution is -0.123. The average molecular weight is 790 g/mol. The van der Waals surface area contributed by atoms with E-state index in [-0.39, 0.29) is 43.9 Å². The van der Waals surface area contributed by atoms with Gasteiger partial charge in [0.1, 0.15) is 35.8 Å². The van der Waals surface area contributed by atoms with Crippen molar-refractivity contribution in [2.75, 3.05) is 27.4 Å². The minimum absolute atomic E-state index is 0.000583. The van der Waals surface area contributed by atoms with E-state index in [0.29, 0.717) is 22.6 Å². The predicted molar refractivity (Wildman–Crippen MR) is 210 cm³/mol. The van der Waals surface area contributed by atoms with Gasteiger partial charge in [0.25, 0.3) is 8.53 Å². The Morgan fingerprint density at radius 3 is 2.04 bits per heavy atom. The Morgan fingerprint density at radius 2 is 1.54 bits per heavy atom. The summed E-state index contributed by atoms with van der Waals surface area (Å²) in [6, 6.07) is 25.5. The number of hydroxylamine groups is 2. The Kier molecular flexibility index (Phi) is 14.5. The number of hydrogen-bond acceptors (Lipinski definition) is 11. The van der Waals surface area contributed by atoms with Gasteiger partial charge >= 0.3 is 6.03 Å². The van der Waals surface area contributed by atoms with Gasteiger partial charge in [0.2, 0.25) is 5.91 Å². The Labute approximate surface area is 330 Å². The quantitative estimate of drug-likeness (QED) is 0.0860. The van der Waals surface area contributed by atoms with E-state index < -0.39 is 50.4 Å². The molecule has 0 bridgehead atoms. The fraction of sp³-hybridized carbons (Fsp3) is 0.439. The summed E-state index contributed by atoms with van der Waals surface area (Å²) in [7, 11) is 1.21. The highest BCUT2D eigenvalue weighted by Gasteiger charge is 2.53. The lowest BCUT2D eigenvalue weighted by Crippen LogP contribution is -2.54. The van der Waals surface area contributed by atoms with E-state index in [2.05, 4.69) is 11.4 Å². The Morgan fingerprint density at radius 1 is 0.982 bits per heavy atom. The summed E-state index contributed by atoms with van der Waals surface area (Å²) < 4.78 is 31.9. The van der Waals surface area contributed by atoms with E-state index in [1.54, 1.807) is 20.3 Å². The monoisotopic (exact) mass is 789 g/mol. The van der Waals surface area contributed by atoms with E-state index in [4.69, 9.17) is 23.4 Å². The second kappa shape index (κ2) is 19.0. The summed E-state index contributed by atoms with van der Waals surface area (Å²) >= 11 is 0. The number of nitriles is 1. The van der Waals surface area contributed by atoms with Crippen molar-refractivity contribution >= 4 is 20.5 Å². The topological polar surface area (TPSA) is 166 Å². The normalized spacial score (nSPS) is 19.9. The number of aliphatic hydroxyl groups is 2. The van der Waals surface area contributed by atoms with Crippen LogP contribution in [0.5, 0.6) is 11.5 Å². The molecule has 0 saturated carbocycles. The molecule has 5 atom stereocenters. The lowest BCUT2D eigenvalue weighted by atomic mass is 9.64. The maximum atomic E-state index is 14.5. The molecule has 5 rings (SSSR count). The van der Waals surface area contributed by atoms with Crippen LogP contribution in [-0.4, -0.2) is 101 Å². The molecule has 56 heavy (non-hydrogen) atoms. The number of urea groups is 1. The molecule has 3 amide bonds. The molecule has 2 heterocycles. The van der Waals surface area contributed by atoms with Crippen molar-refractivity contribution in [3.63, 3.8) is 0 Å². The van der Waals surface area contributed by atoms with Crippen LogP contribution in [0.25, 0.3) is 0 Å². The van der Waals surface area contributed by atoms with Gasteiger partial charge in [-0.15, -0.1) is 5.06 Å². The van der Waals surface area contributed by atoms with Crippen LogP contribution in [0.15, 0.2) is 90.8 Å². The van der Waals surface area contributed by atoms with Crippen LogP contribution in [0.1, 0.15) is 64.2 Å². The van der Waals surface area contributed by atoms with Crippen LogP contribution in [0.3, 0.4) is 0 Å². The largest absolute Gasteiger partial charge is 0.497 e. The lowest BCUT2D eigenvalue weighted by Gasteiger charge is -2.43. The summed E-state index contributed by atoms with van der Waals surface area (Å²) in [4.78, 5) is 28.1. The molecule has 0 radical (unpaired) electrons. The highest BCUT2D eigenvalue weighted by atomic mass is 31.2. The van der Waals surface area contributed by atoms with Crippen molar-refractivity contribution in [1.82, 2.24) is 20.0 Å². The van der Waals surface area contributed by atoms with Gasteiger partial charge in [0.05, 0.1) is 44.8 Å². The first kappa shape index (κ1) is 42.6. The number of hydrogen-bond donors (Lipinski definition) is 3. The average Bonchev–Trinajstić information content (AvgIpc) is 3.57. The molecule has 2 aliphatic rings. The minimum atomic E-state index is -1.95. The third-order valence-corrected chi connectivity index (χ3v) is 11.8. The van der Waals surface area contributed by atoms with Gasteiger partial charge in [0.15, 0.2) is 0 Å². The van der Waals surface area contributed by atoms with E-state index in [9.17, 15) is 25.1 Å². The molecule has 2 unspecified atom stereocenters. The van der Waals surface area contributed by atoms with Crippen molar-refractivity contribution in [2.24, 2.45) is 0 Å². The molecule has 1 fully saturated rings. The number of carbonyl (C=O) groups excluding carboxylic acids is 2. The maximum Gasteiger partial charge on any atom is 0.352 e. The zero-order valence-corrected chi connectivity index (χ0v) is 33.8. The smallest absolute Gasteiger partial charge is 0.352 e. The molecular weight excluding hydrogens is 737 g/mol. The molecule has 15 heteroatoms. The van der Waals surface area contributed by atoms with E-state index in [1.165, 1.54) is 11.8 Å². The second-order valence-corrected chi connectivity index (χ2v) is 15.4. The first-order valence-electron chi connectivity index (χ1n) is 18.6. The number of carbonyl (C=O) groups is 2. The third kappa shape index (κ3) is 9.01. The van der Waals surface area contributed by atoms with Crippen LogP contribution in [0, 0.1) is 11.3 Å². The van der Waals surface area contributed by atoms with Gasteiger partial charge in [-0.2, -0.15) is 9.89 Å². The molecule has 3 aromatic rings. The standard InChI is InChI=1S/C41H52N5O9P/c1-27(2)46(28(3)4)56(53-25-11-23-42)55-45-36(43-29(5)47)22-24-44(40(45)50)37-26-35(48)38(54-37)39(49)41(30-12-9-8-10-13-30,31-14-18-33(51-6)19-15-31)32-16-20-34(52-7)21-17-32/h8-10,12-22,27-28,35,37-39,48-49H,11,24-26H2,1-7H3,(H,43,47)/t35-,37+,38-,39?,56?/m0/s1. The van der Waals surface area contributed by atoms with E-state index in [1.807, 2.05) is 111 Å². The number of ether oxygens (including phenoxy) is 3. The Balaban J connectivity index is 1.53. The highest BCUT2D eigenvalue weighted by molar-refractivity contribution is 7.44. The van der Waals surface area contributed by atoms with Gasteiger partial charge < -0.3 is 34.3 Å². The zero-order chi connectivity index (χ0) is 40.6. The van der Waals surface area contributed by atoms with Gasteiger partial charge in [-0.3, -0.25) is 9.69 Å². The number of nitrogens with one attached hydrogen (secondary N) is 1. The maximum absolute atomic E-state index is 14.5. The first-order chi connectivity index (χ1) is 26.9. The van der Waals surface area contributed by atoms with Gasteiger partial charge in [-0.1, -0.05) is 54.6 Å². The number of amides is 3. The molecule has 1 saturated heterocycles. The number of rotatable bonds is 17.